The van der Waals surface area contributed by atoms with E-state index in [2.05, 4.69) is 15.7 Å². The number of nitrogens with one attached hydrogen (secondary N) is 1. The second-order valence-electron chi connectivity index (χ2n) is 7.90. The number of carbonyl (C=O) groups is 1. The molecule has 0 bridgehead atoms. The summed E-state index contributed by atoms with van der Waals surface area (Å²) in [6.45, 7) is 2.50. The minimum Gasteiger partial charge on any atom is -0.370 e. The highest BCUT2D eigenvalue weighted by molar-refractivity contribution is 7.92. The van der Waals surface area contributed by atoms with Gasteiger partial charge in [0.1, 0.15) is 0 Å². The van der Waals surface area contributed by atoms with Gasteiger partial charge < -0.3 is 9.80 Å². The van der Waals surface area contributed by atoms with Crippen LogP contribution < -0.4 is 9.62 Å². The van der Waals surface area contributed by atoms with E-state index < -0.39 is 10.0 Å². The Hall–Kier alpha value is -3.54. The molecule has 3 aromatic carbocycles. The van der Waals surface area contributed by atoms with Gasteiger partial charge in [0.05, 0.1) is 27.2 Å². The Morgan fingerprint density at radius 2 is 1.71 bits per heavy atom. The molecule has 1 heterocycles. The van der Waals surface area contributed by atoms with Crippen LogP contribution in [-0.2, 0) is 10.0 Å². The van der Waals surface area contributed by atoms with Crippen LogP contribution in [0.15, 0.2) is 77.7 Å². The lowest BCUT2D eigenvalue weighted by Crippen LogP contribution is -2.35. The summed E-state index contributed by atoms with van der Waals surface area (Å²) in [6, 6.07) is 22.1. The van der Waals surface area contributed by atoms with Crippen LogP contribution in [0.5, 0.6) is 0 Å². The highest BCUT2D eigenvalue weighted by atomic mass is 35.5. The van der Waals surface area contributed by atoms with Crippen molar-refractivity contribution in [1.82, 2.24) is 4.90 Å². The van der Waals surface area contributed by atoms with Crippen molar-refractivity contribution in [3.63, 3.8) is 0 Å². The molecule has 7 nitrogen and oxygen atoms in total. The third-order valence-corrected chi connectivity index (χ3v) is 7.35. The number of amides is 1. The average Bonchev–Trinajstić information content (AvgIpc) is 3.11. The summed E-state index contributed by atoms with van der Waals surface area (Å²) >= 11 is 6.08. The van der Waals surface area contributed by atoms with Crippen LogP contribution in [0.4, 0.5) is 11.4 Å². The lowest BCUT2D eigenvalue weighted by molar-refractivity contribution is 0.0767. The number of benzene rings is 3. The van der Waals surface area contributed by atoms with Crippen molar-refractivity contribution in [3.05, 3.63) is 88.9 Å². The first kappa shape index (κ1) is 23.6. The summed E-state index contributed by atoms with van der Waals surface area (Å²) in [5.41, 5.74) is 2.20. The zero-order chi connectivity index (χ0) is 24.1. The molecule has 1 saturated heterocycles. The van der Waals surface area contributed by atoms with Crippen LogP contribution in [0.2, 0.25) is 5.02 Å². The summed E-state index contributed by atoms with van der Waals surface area (Å²) in [5, 5.41) is 9.28. The van der Waals surface area contributed by atoms with E-state index in [1.807, 2.05) is 12.1 Å². The van der Waals surface area contributed by atoms with Gasteiger partial charge in [-0.2, -0.15) is 5.26 Å². The number of halogens is 1. The highest BCUT2D eigenvalue weighted by Crippen LogP contribution is 2.25. The Labute approximate surface area is 204 Å². The fraction of sp³-hybridized carbons (Fsp3) is 0.200. The molecule has 0 aliphatic carbocycles. The molecule has 9 heteroatoms. The molecule has 1 amide bonds. The first-order chi connectivity index (χ1) is 16.4. The van der Waals surface area contributed by atoms with Gasteiger partial charge in [-0.1, -0.05) is 29.8 Å². The number of carbonyl (C=O) groups excluding carboxylic acids is 1. The quantitative estimate of drug-likeness (QED) is 0.568. The number of nitriles is 1. The summed E-state index contributed by atoms with van der Waals surface area (Å²) in [5.74, 6) is -0.212. The molecule has 0 radical (unpaired) electrons. The van der Waals surface area contributed by atoms with Crippen LogP contribution in [0.3, 0.4) is 0 Å². The summed E-state index contributed by atoms with van der Waals surface area (Å²) < 4.78 is 28.2. The van der Waals surface area contributed by atoms with Gasteiger partial charge in [0.25, 0.3) is 15.9 Å². The molecule has 34 heavy (non-hydrogen) atoms. The van der Waals surface area contributed by atoms with Crippen molar-refractivity contribution in [2.24, 2.45) is 0 Å². The van der Waals surface area contributed by atoms with Crippen molar-refractivity contribution in [3.8, 4) is 6.07 Å². The molecule has 0 spiro atoms. The monoisotopic (exact) mass is 494 g/mol. The maximum atomic E-state index is 13.2. The number of rotatable bonds is 5. The molecule has 3 aromatic rings. The van der Waals surface area contributed by atoms with Gasteiger partial charge in [0, 0.05) is 37.4 Å². The van der Waals surface area contributed by atoms with E-state index in [9.17, 15) is 13.2 Å². The fourth-order valence-corrected chi connectivity index (χ4v) is 5.22. The van der Waals surface area contributed by atoms with Crippen LogP contribution in [-0.4, -0.2) is 45.4 Å². The van der Waals surface area contributed by atoms with Gasteiger partial charge in [-0.15, -0.1) is 0 Å². The first-order valence-electron chi connectivity index (χ1n) is 10.8. The molecule has 174 valence electrons. The standard InChI is InChI=1S/C25H23ClN4O3S/c26-23-7-1-2-8-24(23)28-34(32,33)22-6-3-5-20(17-22)25(31)30-14-4-13-29(15-16-30)21-11-9-19(18-27)10-12-21/h1-3,5-12,17,28H,4,13-16H2. The maximum absolute atomic E-state index is 13.2. The molecule has 4 rings (SSSR count). The zero-order valence-corrected chi connectivity index (χ0v) is 19.9. The smallest absolute Gasteiger partial charge is 0.261 e. The molecule has 0 saturated carbocycles. The first-order valence-corrected chi connectivity index (χ1v) is 12.7. The Morgan fingerprint density at radius 3 is 2.44 bits per heavy atom. The van der Waals surface area contributed by atoms with E-state index >= 15 is 0 Å². The molecule has 0 atom stereocenters. The maximum Gasteiger partial charge on any atom is 0.261 e. The number of sulfonamides is 1. The van der Waals surface area contributed by atoms with Gasteiger partial charge in [0.2, 0.25) is 0 Å². The van der Waals surface area contributed by atoms with Crippen LogP contribution in [0.25, 0.3) is 0 Å². The molecule has 0 unspecified atom stereocenters. The molecule has 1 fully saturated rings. The van der Waals surface area contributed by atoms with E-state index in [4.69, 9.17) is 16.9 Å². The number of hydrogen-bond donors (Lipinski definition) is 1. The Balaban J connectivity index is 1.47. The normalized spacial score (nSPS) is 14.2. The largest absolute Gasteiger partial charge is 0.370 e. The minimum atomic E-state index is -3.92. The van der Waals surface area contributed by atoms with Crippen LogP contribution in [0, 0.1) is 11.3 Å². The summed E-state index contributed by atoms with van der Waals surface area (Å²) in [4.78, 5) is 17.1. The van der Waals surface area contributed by atoms with Crippen LogP contribution in [0.1, 0.15) is 22.3 Å². The van der Waals surface area contributed by atoms with E-state index in [0.717, 1.165) is 18.7 Å². The van der Waals surface area contributed by atoms with Crippen LogP contribution >= 0.6 is 11.6 Å². The summed E-state index contributed by atoms with van der Waals surface area (Å²) in [7, 11) is -3.92. The Bertz CT molecular complexity index is 1340. The zero-order valence-electron chi connectivity index (χ0n) is 18.3. The predicted molar refractivity (Wildman–Crippen MR) is 133 cm³/mol. The van der Waals surface area contributed by atoms with Gasteiger partial charge >= 0.3 is 0 Å². The summed E-state index contributed by atoms with van der Waals surface area (Å²) in [6.07, 6.45) is 0.776. The van der Waals surface area contributed by atoms with E-state index in [1.54, 1.807) is 53.4 Å². The topological polar surface area (TPSA) is 93.5 Å². The molecule has 0 aromatic heterocycles. The number of nitrogens with zero attached hydrogens (tertiary/aromatic N) is 3. The van der Waals surface area contributed by atoms with Gasteiger partial charge in [-0.05, 0) is 61.0 Å². The molecule has 1 aliphatic heterocycles. The van der Waals surface area contributed by atoms with E-state index in [0.29, 0.717) is 30.8 Å². The van der Waals surface area contributed by atoms with Gasteiger partial charge in [-0.3, -0.25) is 9.52 Å². The average molecular weight is 495 g/mol. The number of anilines is 2. The van der Waals surface area contributed by atoms with Gasteiger partial charge in [0.15, 0.2) is 0 Å². The number of para-hydroxylation sites is 1. The number of hydrogen-bond acceptors (Lipinski definition) is 5. The molecular formula is C25H23ClN4O3S. The minimum absolute atomic E-state index is 0.00713. The molecule has 1 N–H and O–H groups in total. The highest BCUT2D eigenvalue weighted by Gasteiger charge is 2.23. The second kappa shape index (κ2) is 10.2. The third kappa shape index (κ3) is 5.33. The lowest BCUT2D eigenvalue weighted by atomic mass is 10.2. The van der Waals surface area contributed by atoms with Crippen molar-refractivity contribution >= 4 is 38.9 Å². The molecule has 1 aliphatic rings. The third-order valence-electron chi connectivity index (χ3n) is 5.65. The van der Waals surface area contributed by atoms with E-state index in [1.165, 1.54) is 12.1 Å². The van der Waals surface area contributed by atoms with Crippen molar-refractivity contribution in [1.29, 1.82) is 5.26 Å². The molecular weight excluding hydrogens is 472 g/mol. The lowest BCUT2D eigenvalue weighted by Gasteiger charge is -2.24. The Morgan fingerprint density at radius 1 is 0.941 bits per heavy atom. The SMILES string of the molecule is N#Cc1ccc(N2CCCN(C(=O)c3cccc(S(=O)(=O)Nc4ccccc4Cl)c3)CC2)cc1. The van der Waals surface area contributed by atoms with E-state index in [-0.39, 0.29) is 21.5 Å². The van der Waals surface area contributed by atoms with Crippen molar-refractivity contribution < 1.29 is 13.2 Å². The second-order valence-corrected chi connectivity index (χ2v) is 9.99. The predicted octanol–water partition coefficient (Wildman–Crippen LogP) is 4.36. The Kier molecular flexibility index (Phi) is 7.06. The van der Waals surface area contributed by atoms with Crippen molar-refractivity contribution in [2.45, 2.75) is 11.3 Å². The van der Waals surface area contributed by atoms with Crippen molar-refractivity contribution in [2.75, 3.05) is 35.8 Å². The fourth-order valence-electron chi connectivity index (χ4n) is 3.85. The van der Waals surface area contributed by atoms with Gasteiger partial charge in [-0.25, -0.2) is 8.42 Å².